The molecule has 0 bridgehead atoms. The van der Waals surface area contributed by atoms with Crippen LogP contribution in [0.3, 0.4) is 0 Å². The molecule has 2 atom stereocenters. The number of aryl methyl sites for hydroxylation is 2. The standard InChI is InChI=1S/C15H19N3O2/c1-19-13-8-18(9-14(13)20-2)15-11(7-16)6-10-4-3-5-12(10)17-15/h6,13-14H,3-5,8-9H2,1-2H3. The third kappa shape index (κ3) is 2.15. The Balaban J connectivity index is 1.93. The van der Waals surface area contributed by atoms with Crippen molar-refractivity contribution >= 4 is 5.82 Å². The highest BCUT2D eigenvalue weighted by molar-refractivity contribution is 5.57. The van der Waals surface area contributed by atoms with Crippen molar-refractivity contribution in [2.75, 3.05) is 32.2 Å². The fourth-order valence-corrected chi connectivity index (χ4v) is 3.15. The minimum absolute atomic E-state index is 0.0293. The van der Waals surface area contributed by atoms with Gasteiger partial charge in [-0.25, -0.2) is 4.98 Å². The third-order valence-electron chi connectivity index (χ3n) is 4.27. The molecule has 0 amide bonds. The van der Waals surface area contributed by atoms with Crippen molar-refractivity contribution in [1.82, 2.24) is 4.98 Å². The van der Waals surface area contributed by atoms with Gasteiger partial charge in [0.1, 0.15) is 24.1 Å². The predicted octanol–water partition coefficient (Wildman–Crippen LogP) is 1.29. The molecule has 0 saturated carbocycles. The second-order valence-electron chi connectivity index (χ2n) is 5.38. The van der Waals surface area contributed by atoms with Crippen molar-refractivity contribution in [3.63, 3.8) is 0 Å². The average molecular weight is 273 g/mol. The van der Waals surface area contributed by atoms with Gasteiger partial charge in [-0.05, 0) is 30.9 Å². The van der Waals surface area contributed by atoms with Gasteiger partial charge >= 0.3 is 0 Å². The number of methoxy groups -OCH3 is 2. The Morgan fingerprint density at radius 3 is 2.55 bits per heavy atom. The highest BCUT2D eigenvalue weighted by Gasteiger charge is 2.35. The Kier molecular flexibility index (Phi) is 3.60. The molecule has 0 aromatic carbocycles. The number of rotatable bonds is 3. The number of pyridine rings is 1. The van der Waals surface area contributed by atoms with Crippen LogP contribution in [0.25, 0.3) is 0 Å². The van der Waals surface area contributed by atoms with Crippen molar-refractivity contribution in [2.24, 2.45) is 0 Å². The normalized spacial score (nSPS) is 24.8. The van der Waals surface area contributed by atoms with Crippen LogP contribution in [0.1, 0.15) is 23.2 Å². The minimum Gasteiger partial charge on any atom is -0.377 e. The SMILES string of the molecule is COC1CN(c2nc3c(cc2C#N)CCC3)CC1OC. The summed E-state index contributed by atoms with van der Waals surface area (Å²) in [6.07, 6.45) is 3.25. The largest absolute Gasteiger partial charge is 0.377 e. The summed E-state index contributed by atoms with van der Waals surface area (Å²) in [5, 5.41) is 9.38. The van der Waals surface area contributed by atoms with Crippen LogP contribution in [0, 0.1) is 11.3 Å². The van der Waals surface area contributed by atoms with Crippen molar-refractivity contribution in [1.29, 1.82) is 5.26 Å². The van der Waals surface area contributed by atoms with E-state index >= 15 is 0 Å². The maximum Gasteiger partial charge on any atom is 0.147 e. The van der Waals surface area contributed by atoms with Crippen LogP contribution < -0.4 is 4.90 Å². The number of anilines is 1. The molecular formula is C15H19N3O2. The molecule has 20 heavy (non-hydrogen) atoms. The number of nitriles is 1. The zero-order valence-corrected chi connectivity index (χ0v) is 11.9. The van der Waals surface area contributed by atoms with Gasteiger partial charge in [0.15, 0.2) is 0 Å². The maximum atomic E-state index is 9.38. The number of nitrogens with zero attached hydrogens (tertiary/aromatic N) is 3. The van der Waals surface area contributed by atoms with E-state index in [0.717, 1.165) is 43.9 Å². The van der Waals surface area contributed by atoms with Gasteiger partial charge in [0, 0.05) is 33.0 Å². The Bertz CT molecular complexity index is 541. The molecule has 1 aromatic rings. The number of hydrogen-bond acceptors (Lipinski definition) is 5. The van der Waals surface area contributed by atoms with E-state index < -0.39 is 0 Å². The van der Waals surface area contributed by atoms with Crippen molar-refractivity contribution in [2.45, 2.75) is 31.5 Å². The first-order valence-electron chi connectivity index (χ1n) is 7.00. The van der Waals surface area contributed by atoms with Crippen LogP contribution >= 0.6 is 0 Å². The second kappa shape index (κ2) is 5.39. The zero-order valence-electron chi connectivity index (χ0n) is 11.9. The lowest BCUT2D eigenvalue weighted by Crippen LogP contribution is -2.27. The van der Waals surface area contributed by atoms with Crippen LogP contribution in [0.15, 0.2) is 6.07 Å². The van der Waals surface area contributed by atoms with Crippen molar-refractivity contribution in [3.8, 4) is 6.07 Å². The summed E-state index contributed by atoms with van der Waals surface area (Å²) in [5.41, 5.74) is 3.04. The van der Waals surface area contributed by atoms with Crippen molar-refractivity contribution in [3.05, 3.63) is 22.9 Å². The molecule has 1 fully saturated rings. The van der Waals surface area contributed by atoms with Crippen LogP contribution in [0.5, 0.6) is 0 Å². The molecule has 1 aliphatic heterocycles. The molecule has 0 spiro atoms. The van der Waals surface area contributed by atoms with E-state index in [1.807, 2.05) is 6.07 Å². The predicted molar refractivity (Wildman–Crippen MR) is 74.8 cm³/mol. The highest BCUT2D eigenvalue weighted by Crippen LogP contribution is 2.29. The fourth-order valence-electron chi connectivity index (χ4n) is 3.15. The van der Waals surface area contributed by atoms with E-state index in [4.69, 9.17) is 14.5 Å². The van der Waals surface area contributed by atoms with Gasteiger partial charge in [-0.15, -0.1) is 0 Å². The Labute approximate surface area is 119 Å². The lowest BCUT2D eigenvalue weighted by atomic mass is 10.1. The van der Waals surface area contributed by atoms with Gasteiger partial charge in [-0.2, -0.15) is 5.26 Å². The number of hydrogen-bond donors (Lipinski definition) is 0. The van der Waals surface area contributed by atoms with E-state index in [1.54, 1.807) is 14.2 Å². The molecule has 2 aliphatic rings. The molecule has 1 aliphatic carbocycles. The topological polar surface area (TPSA) is 58.4 Å². The summed E-state index contributed by atoms with van der Waals surface area (Å²) in [6, 6.07) is 4.29. The Morgan fingerprint density at radius 2 is 1.95 bits per heavy atom. The number of aromatic nitrogens is 1. The molecule has 0 radical (unpaired) electrons. The minimum atomic E-state index is 0.0293. The molecule has 106 valence electrons. The molecule has 2 unspecified atom stereocenters. The molecule has 2 heterocycles. The van der Waals surface area contributed by atoms with E-state index in [1.165, 1.54) is 5.56 Å². The van der Waals surface area contributed by atoms with Gasteiger partial charge < -0.3 is 14.4 Å². The van der Waals surface area contributed by atoms with Gasteiger partial charge in [-0.3, -0.25) is 0 Å². The summed E-state index contributed by atoms with van der Waals surface area (Å²) in [5.74, 6) is 0.787. The van der Waals surface area contributed by atoms with Gasteiger partial charge in [-0.1, -0.05) is 0 Å². The molecule has 0 N–H and O–H groups in total. The van der Waals surface area contributed by atoms with Gasteiger partial charge in [0.2, 0.25) is 0 Å². The van der Waals surface area contributed by atoms with Crippen LogP contribution in [0.4, 0.5) is 5.82 Å². The first-order valence-corrected chi connectivity index (χ1v) is 7.00. The van der Waals surface area contributed by atoms with E-state index in [-0.39, 0.29) is 12.2 Å². The lowest BCUT2D eigenvalue weighted by molar-refractivity contribution is -0.00461. The summed E-state index contributed by atoms with van der Waals surface area (Å²) in [4.78, 5) is 6.85. The fraction of sp³-hybridized carbons (Fsp3) is 0.600. The van der Waals surface area contributed by atoms with Crippen LogP contribution in [-0.2, 0) is 22.3 Å². The summed E-state index contributed by atoms with van der Waals surface area (Å²) in [6.45, 7) is 1.44. The molecule has 5 nitrogen and oxygen atoms in total. The first kappa shape index (κ1) is 13.3. The Morgan fingerprint density at radius 1 is 1.25 bits per heavy atom. The molecule has 1 saturated heterocycles. The molecule has 5 heteroatoms. The molecule has 3 rings (SSSR count). The third-order valence-corrected chi connectivity index (χ3v) is 4.27. The number of fused-ring (bicyclic) bond motifs is 1. The monoisotopic (exact) mass is 273 g/mol. The first-order chi connectivity index (χ1) is 9.76. The van der Waals surface area contributed by atoms with E-state index in [0.29, 0.717) is 5.56 Å². The van der Waals surface area contributed by atoms with Crippen molar-refractivity contribution < 1.29 is 9.47 Å². The molecule has 1 aromatic heterocycles. The summed E-state index contributed by atoms with van der Waals surface area (Å²) >= 11 is 0. The summed E-state index contributed by atoms with van der Waals surface area (Å²) < 4.78 is 10.9. The second-order valence-corrected chi connectivity index (χ2v) is 5.38. The zero-order chi connectivity index (χ0) is 14.1. The van der Waals surface area contributed by atoms with E-state index in [9.17, 15) is 5.26 Å². The number of ether oxygens (including phenoxy) is 2. The average Bonchev–Trinajstić information content (AvgIpc) is 3.10. The maximum absolute atomic E-state index is 9.38. The Hall–Kier alpha value is -1.64. The lowest BCUT2D eigenvalue weighted by Gasteiger charge is -2.19. The highest BCUT2D eigenvalue weighted by atomic mass is 16.5. The quantitative estimate of drug-likeness (QED) is 0.830. The summed E-state index contributed by atoms with van der Waals surface area (Å²) in [7, 11) is 3.39. The van der Waals surface area contributed by atoms with Gasteiger partial charge in [0.05, 0.1) is 5.56 Å². The van der Waals surface area contributed by atoms with Crippen LogP contribution in [-0.4, -0.2) is 44.5 Å². The van der Waals surface area contributed by atoms with Crippen LogP contribution in [0.2, 0.25) is 0 Å². The smallest absolute Gasteiger partial charge is 0.147 e. The van der Waals surface area contributed by atoms with E-state index in [2.05, 4.69) is 11.0 Å². The van der Waals surface area contributed by atoms with Gasteiger partial charge in [0.25, 0.3) is 0 Å². The molecular weight excluding hydrogens is 254 g/mol.